The molecule has 0 heterocycles. The lowest BCUT2D eigenvalue weighted by Gasteiger charge is -2.37. The van der Waals surface area contributed by atoms with Gasteiger partial charge in [0.05, 0.1) is 0 Å². The summed E-state index contributed by atoms with van der Waals surface area (Å²) in [5, 5.41) is 0. The van der Waals surface area contributed by atoms with Gasteiger partial charge in [0.25, 0.3) is 0 Å². The van der Waals surface area contributed by atoms with Gasteiger partial charge in [-0.15, -0.1) is 0 Å². The molecule has 1 aliphatic carbocycles. The molecule has 78 valence electrons. The lowest BCUT2D eigenvalue weighted by Crippen LogP contribution is -2.42. The Hall–Kier alpha value is -0.110. The molecule has 0 amide bonds. The molecule has 1 fully saturated rings. The Morgan fingerprint density at radius 1 is 1.62 bits per heavy atom. The molecule has 0 aliphatic heterocycles. The molecule has 1 aliphatic rings. The van der Waals surface area contributed by atoms with Gasteiger partial charge in [0.15, 0.2) is 0 Å². The van der Waals surface area contributed by atoms with Crippen LogP contribution in [-0.4, -0.2) is 11.7 Å². The van der Waals surface area contributed by atoms with Gasteiger partial charge >= 0.3 is 0 Å². The molecular weight excluding hydrogens is 165 g/mol. The van der Waals surface area contributed by atoms with E-state index in [1.807, 2.05) is 6.92 Å². The maximum absolute atomic E-state index is 14.3. The van der Waals surface area contributed by atoms with Crippen LogP contribution < -0.4 is 5.73 Å². The van der Waals surface area contributed by atoms with E-state index in [1.54, 1.807) is 0 Å². The van der Waals surface area contributed by atoms with Crippen LogP contribution in [0.25, 0.3) is 0 Å². The van der Waals surface area contributed by atoms with Crippen molar-refractivity contribution in [3.05, 3.63) is 0 Å². The second-order valence-electron chi connectivity index (χ2n) is 4.58. The first kappa shape index (κ1) is 11.0. The molecule has 13 heavy (non-hydrogen) atoms. The Labute approximate surface area is 80.9 Å². The predicted octanol–water partition coefficient (Wildman–Crippen LogP) is 3.03. The van der Waals surface area contributed by atoms with E-state index in [9.17, 15) is 4.39 Å². The molecule has 1 rings (SSSR count). The van der Waals surface area contributed by atoms with Gasteiger partial charge in [-0.3, -0.25) is 0 Å². The van der Waals surface area contributed by atoms with Crippen LogP contribution in [-0.2, 0) is 0 Å². The standard InChI is InChI=1S/C11H22FN/c1-3-5-9(2)11(12)7-4-6-10(13)8-11/h9-10H,3-8,13H2,1-2H3. The third kappa shape index (κ3) is 2.67. The van der Waals surface area contributed by atoms with E-state index in [1.165, 1.54) is 0 Å². The van der Waals surface area contributed by atoms with Crippen LogP contribution in [0.3, 0.4) is 0 Å². The van der Waals surface area contributed by atoms with Gasteiger partial charge in [-0.2, -0.15) is 0 Å². The van der Waals surface area contributed by atoms with Gasteiger partial charge < -0.3 is 5.73 Å². The van der Waals surface area contributed by atoms with Crippen LogP contribution >= 0.6 is 0 Å². The van der Waals surface area contributed by atoms with Gasteiger partial charge in [0.2, 0.25) is 0 Å². The number of hydrogen-bond acceptors (Lipinski definition) is 1. The van der Waals surface area contributed by atoms with Crippen LogP contribution in [0.2, 0.25) is 0 Å². The minimum absolute atomic E-state index is 0.0954. The van der Waals surface area contributed by atoms with Crippen LogP contribution in [0.4, 0.5) is 4.39 Å². The zero-order valence-corrected chi connectivity index (χ0v) is 8.85. The number of halogens is 1. The summed E-state index contributed by atoms with van der Waals surface area (Å²) in [4.78, 5) is 0. The topological polar surface area (TPSA) is 26.0 Å². The third-order valence-corrected chi connectivity index (χ3v) is 3.37. The maximum atomic E-state index is 14.3. The van der Waals surface area contributed by atoms with E-state index < -0.39 is 5.67 Å². The number of alkyl halides is 1. The molecule has 0 aromatic carbocycles. The molecule has 3 unspecified atom stereocenters. The first-order valence-electron chi connectivity index (χ1n) is 5.53. The lowest BCUT2D eigenvalue weighted by molar-refractivity contribution is 0.0344. The molecule has 1 nitrogen and oxygen atoms in total. The summed E-state index contributed by atoms with van der Waals surface area (Å²) in [5.74, 6) is 0.184. The monoisotopic (exact) mass is 187 g/mol. The summed E-state index contributed by atoms with van der Waals surface area (Å²) in [6.07, 6.45) is 5.33. The number of hydrogen-bond donors (Lipinski definition) is 1. The Bertz CT molecular complexity index is 160. The van der Waals surface area contributed by atoms with Crippen molar-refractivity contribution in [3.8, 4) is 0 Å². The molecule has 0 spiro atoms. The van der Waals surface area contributed by atoms with E-state index >= 15 is 0 Å². The Balaban J connectivity index is 2.52. The molecule has 0 bridgehead atoms. The second kappa shape index (κ2) is 4.41. The summed E-state index contributed by atoms with van der Waals surface area (Å²) in [5.41, 5.74) is 4.84. The van der Waals surface area contributed by atoms with Gasteiger partial charge in [0.1, 0.15) is 5.67 Å². The van der Waals surface area contributed by atoms with E-state index in [4.69, 9.17) is 5.73 Å². The summed E-state index contributed by atoms with van der Waals surface area (Å²) in [7, 11) is 0. The minimum atomic E-state index is -0.965. The fraction of sp³-hybridized carbons (Fsp3) is 1.00. The van der Waals surface area contributed by atoms with E-state index in [0.29, 0.717) is 6.42 Å². The summed E-state index contributed by atoms with van der Waals surface area (Å²) in [6.45, 7) is 4.14. The van der Waals surface area contributed by atoms with Crippen molar-refractivity contribution in [1.29, 1.82) is 0 Å². The highest BCUT2D eigenvalue weighted by molar-refractivity contribution is 4.92. The highest BCUT2D eigenvalue weighted by Crippen LogP contribution is 2.39. The highest BCUT2D eigenvalue weighted by Gasteiger charge is 2.39. The average molecular weight is 187 g/mol. The fourth-order valence-corrected chi connectivity index (χ4v) is 2.44. The highest BCUT2D eigenvalue weighted by atomic mass is 19.1. The van der Waals surface area contributed by atoms with Crippen molar-refractivity contribution >= 4 is 0 Å². The van der Waals surface area contributed by atoms with E-state index in [0.717, 1.165) is 32.1 Å². The average Bonchev–Trinajstić information content (AvgIpc) is 2.04. The largest absolute Gasteiger partial charge is 0.328 e. The van der Waals surface area contributed by atoms with Crippen LogP contribution in [0.1, 0.15) is 52.4 Å². The fourth-order valence-electron chi connectivity index (χ4n) is 2.44. The summed E-state index contributed by atoms with van der Waals surface area (Å²) in [6, 6.07) is 0.0954. The third-order valence-electron chi connectivity index (χ3n) is 3.37. The summed E-state index contributed by atoms with van der Waals surface area (Å²) >= 11 is 0. The zero-order chi connectivity index (χ0) is 9.90. The Morgan fingerprint density at radius 2 is 2.31 bits per heavy atom. The number of rotatable bonds is 3. The quantitative estimate of drug-likeness (QED) is 0.722. The molecule has 0 radical (unpaired) electrons. The van der Waals surface area contributed by atoms with Gasteiger partial charge in [-0.1, -0.05) is 20.3 Å². The molecule has 0 saturated heterocycles. The van der Waals surface area contributed by atoms with Crippen molar-refractivity contribution in [2.45, 2.75) is 64.1 Å². The van der Waals surface area contributed by atoms with E-state index in [-0.39, 0.29) is 12.0 Å². The van der Waals surface area contributed by atoms with Crippen LogP contribution in [0.15, 0.2) is 0 Å². The van der Waals surface area contributed by atoms with Gasteiger partial charge in [-0.25, -0.2) is 4.39 Å². The SMILES string of the molecule is CCCC(C)C1(F)CCCC(N)C1. The minimum Gasteiger partial charge on any atom is -0.328 e. The van der Waals surface area contributed by atoms with E-state index in [2.05, 4.69) is 6.92 Å². The molecule has 2 N–H and O–H groups in total. The first-order valence-corrected chi connectivity index (χ1v) is 5.53. The Morgan fingerprint density at radius 3 is 2.85 bits per heavy atom. The van der Waals surface area contributed by atoms with Gasteiger partial charge in [0, 0.05) is 6.04 Å². The molecule has 0 aromatic heterocycles. The summed E-state index contributed by atoms with van der Waals surface area (Å²) < 4.78 is 14.3. The Kier molecular flexibility index (Phi) is 3.72. The first-order chi connectivity index (χ1) is 6.08. The molecular formula is C11H22FN. The molecule has 3 atom stereocenters. The molecule has 1 saturated carbocycles. The maximum Gasteiger partial charge on any atom is 0.115 e. The normalized spacial score (nSPS) is 37.4. The van der Waals surface area contributed by atoms with Gasteiger partial charge in [-0.05, 0) is 38.0 Å². The van der Waals surface area contributed by atoms with Crippen molar-refractivity contribution in [2.75, 3.05) is 0 Å². The second-order valence-corrected chi connectivity index (χ2v) is 4.58. The predicted molar refractivity (Wildman–Crippen MR) is 54.4 cm³/mol. The van der Waals surface area contributed by atoms with Crippen LogP contribution in [0, 0.1) is 5.92 Å². The van der Waals surface area contributed by atoms with Crippen molar-refractivity contribution in [3.63, 3.8) is 0 Å². The van der Waals surface area contributed by atoms with Crippen LogP contribution in [0.5, 0.6) is 0 Å². The van der Waals surface area contributed by atoms with Crippen molar-refractivity contribution in [2.24, 2.45) is 11.7 Å². The molecule has 0 aromatic rings. The molecule has 2 heteroatoms. The number of nitrogens with two attached hydrogens (primary N) is 1. The van der Waals surface area contributed by atoms with Crippen molar-refractivity contribution < 1.29 is 4.39 Å². The zero-order valence-electron chi connectivity index (χ0n) is 8.85. The lowest BCUT2D eigenvalue weighted by atomic mass is 9.74. The smallest absolute Gasteiger partial charge is 0.115 e. The van der Waals surface area contributed by atoms with Crippen molar-refractivity contribution in [1.82, 2.24) is 0 Å².